The fraction of sp³-hybridized carbons (Fsp3) is 0.263. The lowest BCUT2D eigenvalue weighted by atomic mass is 10.1. The Hall–Kier alpha value is -3.42. The second-order valence-corrected chi connectivity index (χ2v) is 5.99. The van der Waals surface area contributed by atoms with Crippen molar-refractivity contribution in [1.29, 1.82) is 0 Å². The van der Waals surface area contributed by atoms with E-state index in [-0.39, 0.29) is 11.6 Å². The minimum absolute atomic E-state index is 0.0680. The number of ether oxygens (including phenoxy) is 1. The number of carbonyl (C=O) groups excluding carboxylic acids is 2. The number of amides is 1. The van der Waals surface area contributed by atoms with Gasteiger partial charge in [0.05, 0.1) is 35.4 Å². The molecule has 0 atom stereocenters. The number of methoxy groups -OCH3 is 1. The standard InChI is InChI=1S/C19H21N5O3/c1-5-23-11-15(17(22-23)19(26)27-4)20-18(25)16-12(2)21-24(13(16)3)14-9-7-6-8-10-14/h6-11H,5H2,1-4H3,(H,20,25). The predicted octanol–water partition coefficient (Wildman–Crippen LogP) is 2.74. The third kappa shape index (κ3) is 3.46. The van der Waals surface area contributed by atoms with Gasteiger partial charge in [-0.3, -0.25) is 9.48 Å². The highest BCUT2D eigenvalue weighted by Crippen LogP contribution is 2.21. The summed E-state index contributed by atoms with van der Waals surface area (Å²) in [5.41, 5.74) is 3.00. The molecule has 0 bridgehead atoms. The average Bonchev–Trinajstić information content (AvgIpc) is 3.22. The van der Waals surface area contributed by atoms with E-state index < -0.39 is 5.97 Å². The molecule has 2 heterocycles. The van der Waals surface area contributed by atoms with Crippen molar-refractivity contribution in [2.75, 3.05) is 12.4 Å². The molecule has 3 rings (SSSR count). The Morgan fingerprint density at radius 1 is 1.15 bits per heavy atom. The van der Waals surface area contributed by atoms with Gasteiger partial charge in [0.15, 0.2) is 5.69 Å². The van der Waals surface area contributed by atoms with E-state index in [0.29, 0.717) is 29.2 Å². The normalized spacial score (nSPS) is 10.7. The molecule has 1 aromatic carbocycles. The highest BCUT2D eigenvalue weighted by atomic mass is 16.5. The first-order chi connectivity index (χ1) is 13.0. The Morgan fingerprint density at radius 2 is 1.85 bits per heavy atom. The Kier molecular flexibility index (Phi) is 5.07. The first-order valence-corrected chi connectivity index (χ1v) is 8.55. The maximum Gasteiger partial charge on any atom is 0.360 e. The van der Waals surface area contributed by atoms with Crippen LogP contribution in [0.5, 0.6) is 0 Å². The van der Waals surface area contributed by atoms with Crippen molar-refractivity contribution in [2.45, 2.75) is 27.3 Å². The molecule has 0 unspecified atom stereocenters. The zero-order valence-corrected chi connectivity index (χ0v) is 15.7. The number of para-hydroxylation sites is 1. The van der Waals surface area contributed by atoms with Crippen LogP contribution in [-0.2, 0) is 11.3 Å². The van der Waals surface area contributed by atoms with Crippen LogP contribution in [0.2, 0.25) is 0 Å². The molecule has 1 amide bonds. The van der Waals surface area contributed by atoms with Gasteiger partial charge in [0.1, 0.15) is 0 Å². The molecule has 0 aliphatic carbocycles. The van der Waals surface area contributed by atoms with Crippen LogP contribution in [0.4, 0.5) is 5.69 Å². The van der Waals surface area contributed by atoms with Gasteiger partial charge in [-0.2, -0.15) is 10.2 Å². The van der Waals surface area contributed by atoms with Crippen LogP contribution in [0.1, 0.15) is 39.2 Å². The summed E-state index contributed by atoms with van der Waals surface area (Å²) in [7, 11) is 1.27. The number of carbonyl (C=O) groups is 2. The number of rotatable bonds is 5. The number of esters is 1. The van der Waals surface area contributed by atoms with E-state index in [1.54, 1.807) is 22.5 Å². The molecule has 0 aliphatic rings. The van der Waals surface area contributed by atoms with Crippen molar-refractivity contribution in [1.82, 2.24) is 19.6 Å². The third-order valence-electron chi connectivity index (χ3n) is 4.23. The zero-order chi connectivity index (χ0) is 19.6. The summed E-state index contributed by atoms with van der Waals surface area (Å²) in [6.45, 7) is 6.05. The molecule has 0 saturated heterocycles. The fourth-order valence-electron chi connectivity index (χ4n) is 2.90. The molecule has 0 radical (unpaired) electrons. The molecule has 140 valence electrons. The van der Waals surface area contributed by atoms with Gasteiger partial charge >= 0.3 is 5.97 Å². The molecule has 1 N–H and O–H groups in total. The summed E-state index contributed by atoms with van der Waals surface area (Å²) in [5, 5.41) is 11.4. The average molecular weight is 367 g/mol. The minimum atomic E-state index is -0.606. The van der Waals surface area contributed by atoms with Gasteiger partial charge in [-0.15, -0.1) is 0 Å². The van der Waals surface area contributed by atoms with Crippen LogP contribution in [-0.4, -0.2) is 38.5 Å². The van der Waals surface area contributed by atoms with Gasteiger partial charge in [-0.05, 0) is 32.9 Å². The van der Waals surface area contributed by atoms with Crippen LogP contribution in [0.25, 0.3) is 5.69 Å². The maximum absolute atomic E-state index is 12.9. The fourth-order valence-corrected chi connectivity index (χ4v) is 2.90. The SMILES string of the molecule is CCn1cc(NC(=O)c2c(C)nn(-c3ccccc3)c2C)c(C(=O)OC)n1. The minimum Gasteiger partial charge on any atom is -0.464 e. The Bertz CT molecular complexity index is 988. The van der Waals surface area contributed by atoms with Gasteiger partial charge in [0.25, 0.3) is 5.91 Å². The van der Waals surface area contributed by atoms with Crippen LogP contribution in [0.3, 0.4) is 0 Å². The maximum atomic E-state index is 12.9. The van der Waals surface area contributed by atoms with Crippen LogP contribution >= 0.6 is 0 Å². The van der Waals surface area contributed by atoms with Crippen LogP contribution in [0.15, 0.2) is 36.5 Å². The molecule has 8 nitrogen and oxygen atoms in total. The smallest absolute Gasteiger partial charge is 0.360 e. The molecule has 0 aliphatic heterocycles. The van der Waals surface area contributed by atoms with E-state index in [9.17, 15) is 9.59 Å². The summed E-state index contributed by atoms with van der Waals surface area (Å²) in [5.74, 6) is -0.959. The molecule has 0 saturated carbocycles. The van der Waals surface area contributed by atoms with Crippen molar-refractivity contribution < 1.29 is 14.3 Å². The summed E-state index contributed by atoms with van der Waals surface area (Å²) < 4.78 is 8.04. The molecule has 0 spiro atoms. The number of hydrogen-bond acceptors (Lipinski definition) is 5. The quantitative estimate of drug-likeness (QED) is 0.700. The Morgan fingerprint density at radius 3 is 2.48 bits per heavy atom. The number of aromatic nitrogens is 4. The van der Waals surface area contributed by atoms with Crippen molar-refractivity contribution in [2.24, 2.45) is 0 Å². The summed E-state index contributed by atoms with van der Waals surface area (Å²) in [4.78, 5) is 24.8. The lowest BCUT2D eigenvalue weighted by molar-refractivity contribution is 0.0594. The van der Waals surface area contributed by atoms with E-state index in [1.165, 1.54) is 7.11 Å². The second kappa shape index (κ2) is 7.45. The highest BCUT2D eigenvalue weighted by Gasteiger charge is 2.23. The lowest BCUT2D eigenvalue weighted by Crippen LogP contribution is -2.16. The van der Waals surface area contributed by atoms with Crippen LogP contribution < -0.4 is 5.32 Å². The topological polar surface area (TPSA) is 91.0 Å². The Labute approximate surface area is 156 Å². The number of nitrogens with one attached hydrogen (secondary N) is 1. The number of anilines is 1. The van der Waals surface area contributed by atoms with E-state index in [2.05, 4.69) is 15.5 Å². The summed E-state index contributed by atoms with van der Waals surface area (Å²) >= 11 is 0. The van der Waals surface area contributed by atoms with Crippen LogP contribution in [0, 0.1) is 13.8 Å². The van der Waals surface area contributed by atoms with Crippen molar-refractivity contribution in [3.05, 3.63) is 59.2 Å². The summed E-state index contributed by atoms with van der Waals surface area (Å²) in [6, 6.07) is 9.58. The van der Waals surface area contributed by atoms with Crippen molar-refractivity contribution >= 4 is 17.6 Å². The van der Waals surface area contributed by atoms with E-state index >= 15 is 0 Å². The van der Waals surface area contributed by atoms with Gasteiger partial charge < -0.3 is 10.1 Å². The third-order valence-corrected chi connectivity index (χ3v) is 4.23. The molecule has 27 heavy (non-hydrogen) atoms. The van der Waals surface area contributed by atoms with E-state index in [4.69, 9.17) is 4.74 Å². The van der Waals surface area contributed by atoms with Gasteiger partial charge in [0.2, 0.25) is 0 Å². The number of aryl methyl sites for hydroxylation is 2. The van der Waals surface area contributed by atoms with Gasteiger partial charge in [-0.25, -0.2) is 9.48 Å². The predicted molar refractivity (Wildman–Crippen MR) is 100 cm³/mol. The zero-order valence-electron chi connectivity index (χ0n) is 15.7. The first kappa shape index (κ1) is 18.4. The molecular formula is C19H21N5O3. The number of hydrogen-bond donors (Lipinski definition) is 1. The van der Waals surface area contributed by atoms with Crippen molar-refractivity contribution in [3.8, 4) is 5.69 Å². The largest absolute Gasteiger partial charge is 0.464 e. The molecule has 3 aromatic rings. The molecule has 8 heteroatoms. The van der Waals surface area contributed by atoms with Gasteiger partial charge in [-0.1, -0.05) is 18.2 Å². The monoisotopic (exact) mass is 367 g/mol. The number of nitrogens with zero attached hydrogens (tertiary/aromatic N) is 4. The van der Waals surface area contributed by atoms with Crippen molar-refractivity contribution in [3.63, 3.8) is 0 Å². The molecule has 0 fully saturated rings. The lowest BCUT2D eigenvalue weighted by Gasteiger charge is -2.06. The van der Waals surface area contributed by atoms with Gasteiger partial charge in [0, 0.05) is 12.7 Å². The first-order valence-electron chi connectivity index (χ1n) is 8.55. The van der Waals surface area contributed by atoms with E-state index in [1.807, 2.05) is 44.2 Å². The second-order valence-electron chi connectivity index (χ2n) is 5.99. The number of benzene rings is 1. The molecule has 2 aromatic heterocycles. The molecular weight excluding hydrogens is 346 g/mol. The Balaban J connectivity index is 1.95. The highest BCUT2D eigenvalue weighted by molar-refractivity contribution is 6.08. The summed E-state index contributed by atoms with van der Waals surface area (Å²) in [6.07, 6.45) is 1.61. The van der Waals surface area contributed by atoms with E-state index in [0.717, 1.165) is 5.69 Å².